The minimum atomic E-state index is -3.63. The van der Waals surface area contributed by atoms with Crippen molar-refractivity contribution in [3.63, 3.8) is 0 Å². The van der Waals surface area contributed by atoms with Gasteiger partial charge in [0.2, 0.25) is 16.0 Å². The molecule has 0 atom stereocenters. The fraction of sp³-hybridized carbons (Fsp3) is 0.174. The van der Waals surface area contributed by atoms with Crippen LogP contribution in [0.3, 0.4) is 0 Å². The van der Waals surface area contributed by atoms with Crippen molar-refractivity contribution < 1.29 is 18.4 Å². The van der Waals surface area contributed by atoms with Crippen LogP contribution in [-0.2, 0) is 10.0 Å². The number of amides is 1. The normalized spacial score (nSPS) is 14.9. The Labute approximate surface area is 195 Å². The van der Waals surface area contributed by atoms with Gasteiger partial charge in [-0.05, 0) is 46.8 Å². The van der Waals surface area contributed by atoms with Crippen LogP contribution in [0.4, 0.5) is 5.95 Å². The first-order valence-electron chi connectivity index (χ1n) is 10.6. The number of benzene rings is 2. The number of fused-ring (bicyclic) bond motifs is 1. The Bertz CT molecular complexity index is 1430. The Morgan fingerprint density at radius 3 is 2.29 bits per heavy atom. The molecular weight excluding hydrogens is 456 g/mol. The highest BCUT2D eigenvalue weighted by atomic mass is 32.2. The van der Waals surface area contributed by atoms with E-state index in [0.29, 0.717) is 19.0 Å². The summed E-state index contributed by atoms with van der Waals surface area (Å²) in [7, 11) is -3.63. The van der Waals surface area contributed by atoms with Crippen LogP contribution in [0.2, 0.25) is 0 Å². The zero-order chi connectivity index (χ0) is 23.7. The Morgan fingerprint density at radius 2 is 1.62 bits per heavy atom. The summed E-state index contributed by atoms with van der Waals surface area (Å²) in [4.78, 5) is 25.0. The Hall–Kier alpha value is -3.80. The fourth-order valence-corrected chi connectivity index (χ4v) is 5.42. The first kappa shape index (κ1) is 22.0. The summed E-state index contributed by atoms with van der Waals surface area (Å²) in [6.45, 7) is 1.41. The lowest BCUT2D eigenvalue weighted by atomic mass is 10.0. The van der Waals surface area contributed by atoms with Gasteiger partial charge in [0, 0.05) is 50.3 Å². The maximum atomic E-state index is 13.2. The molecule has 1 amide bonds. The second kappa shape index (κ2) is 8.86. The molecule has 0 spiro atoms. The van der Waals surface area contributed by atoms with Crippen LogP contribution in [0.25, 0.3) is 22.0 Å². The van der Waals surface area contributed by atoms with E-state index in [-0.39, 0.29) is 23.5 Å². The minimum absolute atomic E-state index is 0.129. The van der Waals surface area contributed by atoms with Crippen LogP contribution < -0.4 is 10.4 Å². The van der Waals surface area contributed by atoms with Crippen LogP contribution in [-0.4, -0.2) is 65.0 Å². The van der Waals surface area contributed by atoms with E-state index < -0.39 is 15.9 Å². The lowest BCUT2D eigenvalue weighted by Gasteiger charge is -2.34. The smallest absolute Gasteiger partial charge is 0.277 e. The third-order valence-electron chi connectivity index (χ3n) is 5.90. The van der Waals surface area contributed by atoms with E-state index in [1.165, 1.54) is 22.2 Å². The van der Waals surface area contributed by atoms with Gasteiger partial charge in [0.25, 0.3) is 5.91 Å². The zero-order valence-electron chi connectivity index (χ0n) is 18.0. The van der Waals surface area contributed by atoms with Gasteiger partial charge in [0.15, 0.2) is 0 Å². The SMILES string of the molecule is O=C(NO)c1cnc(N2CCN(S(=O)(=O)c3ccc(-c4ccc5[nH]ccc5c4)cc3)CC2)nc1. The Morgan fingerprint density at radius 1 is 0.941 bits per heavy atom. The van der Waals surface area contributed by atoms with Gasteiger partial charge >= 0.3 is 0 Å². The van der Waals surface area contributed by atoms with Gasteiger partial charge in [-0.15, -0.1) is 0 Å². The zero-order valence-corrected chi connectivity index (χ0v) is 18.9. The molecule has 1 saturated heterocycles. The summed E-state index contributed by atoms with van der Waals surface area (Å²) < 4.78 is 27.8. The lowest BCUT2D eigenvalue weighted by Crippen LogP contribution is -2.49. The van der Waals surface area contributed by atoms with Crippen molar-refractivity contribution in [2.75, 3.05) is 31.1 Å². The van der Waals surface area contributed by atoms with E-state index in [1.807, 2.05) is 41.4 Å². The van der Waals surface area contributed by atoms with Crippen molar-refractivity contribution in [1.82, 2.24) is 24.7 Å². The monoisotopic (exact) mass is 478 g/mol. The van der Waals surface area contributed by atoms with Crippen LogP contribution >= 0.6 is 0 Å². The summed E-state index contributed by atoms with van der Waals surface area (Å²) >= 11 is 0. The molecule has 1 aliphatic heterocycles. The van der Waals surface area contributed by atoms with Crippen molar-refractivity contribution in [1.29, 1.82) is 0 Å². The van der Waals surface area contributed by atoms with Gasteiger partial charge in [-0.1, -0.05) is 18.2 Å². The molecule has 3 N–H and O–H groups in total. The quantitative estimate of drug-likeness (QED) is 0.296. The van der Waals surface area contributed by atoms with E-state index in [9.17, 15) is 13.2 Å². The molecule has 0 unspecified atom stereocenters. The van der Waals surface area contributed by atoms with Gasteiger partial charge < -0.3 is 9.88 Å². The predicted octanol–water partition coefficient (Wildman–Crippen LogP) is 2.25. The maximum absolute atomic E-state index is 13.2. The predicted molar refractivity (Wildman–Crippen MR) is 126 cm³/mol. The van der Waals surface area contributed by atoms with Gasteiger partial charge in [0.05, 0.1) is 10.5 Å². The number of anilines is 1. The number of carbonyl (C=O) groups excluding carboxylic acids is 1. The molecule has 34 heavy (non-hydrogen) atoms. The lowest BCUT2D eigenvalue weighted by molar-refractivity contribution is 0.0705. The van der Waals surface area contributed by atoms with Crippen molar-refractivity contribution in [3.05, 3.63) is 72.7 Å². The first-order chi connectivity index (χ1) is 16.5. The molecule has 0 radical (unpaired) electrons. The number of piperazine rings is 1. The fourth-order valence-electron chi connectivity index (χ4n) is 4.00. The summed E-state index contributed by atoms with van der Waals surface area (Å²) in [5, 5.41) is 9.78. The number of sulfonamides is 1. The second-order valence-corrected chi connectivity index (χ2v) is 9.85. The minimum Gasteiger partial charge on any atom is -0.361 e. The molecule has 0 saturated carbocycles. The van der Waals surface area contributed by atoms with Crippen molar-refractivity contribution >= 4 is 32.8 Å². The van der Waals surface area contributed by atoms with Gasteiger partial charge in [0.1, 0.15) is 0 Å². The topological polar surface area (TPSA) is 132 Å². The molecule has 5 rings (SSSR count). The number of hydrogen-bond donors (Lipinski definition) is 3. The number of hydrogen-bond acceptors (Lipinski definition) is 7. The highest BCUT2D eigenvalue weighted by Crippen LogP contribution is 2.26. The maximum Gasteiger partial charge on any atom is 0.277 e. The molecule has 1 fully saturated rings. The standard InChI is InChI=1S/C23H22N6O4S/c30-22(27-31)19-14-25-23(26-15-19)28-9-11-29(12-10-28)34(32,33)20-4-1-16(2-5-20)17-3-6-21-18(13-17)7-8-24-21/h1-8,13-15,24,31H,9-12H2,(H,27,30). The number of nitrogens with one attached hydrogen (secondary N) is 2. The summed E-state index contributed by atoms with van der Waals surface area (Å²) in [6, 6.07) is 15.0. The van der Waals surface area contributed by atoms with E-state index >= 15 is 0 Å². The van der Waals surface area contributed by atoms with Gasteiger partial charge in [-0.2, -0.15) is 4.31 Å². The van der Waals surface area contributed by atoms with Crippen LogP contribution in [0.5, 0.6) is 0 Å². The number of H-pyrrole nitrogens is 1. The van der Waals surface area contributed by atoms with Gasteiger partial charge in [-0.3, -0.25) is 10.0 Å². The molecule has 4 aromatic rings. The molecule has 0 aliphatic carbocycles. The highest BCUT2D eigenvalue weighted by Gasteiger charge is 2.29. The summed E-state index contributed by atoms with van der Waals surface area (Å²) in [5.41, 5.74) is 4.68. The van der Waals surface area contributed by atoms with Crippen LogP contribution in [0.1, 0.15) is 10.4 Å². The average Bonchev–Trinajstić information content (AvgIpc) is 3.36. The number of aromatic nitrogens is 3. The Balaban J connectivity index is 1.26. The third kappa shape index (κ3) is 4.12. The number of rotatable bonds is 5. The van der Waals surface area contributed by atoms with Gasteiger partial charge in [-0.25, -0.2) is 23.9 Å². The third-order valence-corrected chi connectivity index (χ3v) is 7.82. The molecule has 11 heteroatoms. The molecule has 3 heterocycles. The van der Waals surface area contributed by atoms with E-state index in [4.69, 9.17) is 5.21 Å². The number of hydroxylamine groups is 1. The molecule has 0 bridgehead atoms. The van der Waals surface area contributed by atoms with Crippen LogP contribution in [0.15, 0.2) is 72.0 Å². The largest absolute Gasteiger partial charge is 0.361 e. The molecule has 174 valence electrons. The van der Waals surface area contributed by atoms with E-state index in [2.05, 4.69) is 21.0 Å². The summed E-state index contributed by atoms with van der Waals surface area (Å²) in [6.07, 6.45) is 4.51. The van der Waals surface area contributed by atoms with Crippen molar-refractivity contribution in [2.45, 2.75) is 4.90 Å². The molecule has 10 nitrogen and oxygen atoms in total. The Kier molecular flexibility index (Phi) is 5.74. The average molecular weight is 479 g/mol. The summed E-state index contributed by atoms with van der Waals surface area (Å²) in [5.74, 6) is -0.297. The second-order valence-electron chi connectivity index (χ2n) is 7.91. The van der Waals surface area contributed by atoms with Crippen molar-refractivity contribution in [3.8, 4) is 11.1 Å². The number of carbonyl (C=O) groups is 1. The number of aromatic amines is 1. The number of nitrogens with zero attached hydrogens (tertiary/aromatic N) is 4. The molecule has 2 aromatic heterocycles. The van der Waals surface area contributed by atoms with E-state index in [0.717, 1.165) is 22.0 Å². The van der Waals surface area contributed by atoms with Crippen LogP contribution in [0, 0.1) is 0 Å². The van der Waals surface area contributed by atoms with E-state index in [1.54, 1.807) is 12.1 Å². The highest BCUT2D eigenvalue weighted by molar-refractivity contribution is 7.89. The molecular formula is C23H22N6O4S. The molecule has 1 aliphatic rings. The molecule has 2 aromatic carbocycles. The first-order valence-corrected chi connectivity index (χ1v) is 12.1. The van der Waals surface area contributed by atoms with Crippen molar-refractivity contribution in [2.24, 2.45) is 0 Å².